The van der Waals surface area contributed by atoms with Crippen LogP contribution in [0, 0.1) is 0 Å². The molecular formula is C8H12N2O2S. The van der Waals surface area contributed by atoms with Crippen molar-refractivity contribution in [3.8, 4) is 0 Å². The summed E-state index contributed by atoms with van der Waals surface area (Å²) < 4.78 is 6.58. The number of carbonyl (C=O) groups is 1. The minimum atomic E-state index is -0.319. The van der Waals surface area contributed by atoms with Crippen molar-refractivity contribution in [1.82, 2.24) is 8.96 Å². The molecule has 0 atom stereocenters. The van der Waals surface area contributed by atoms with Gasteiger partial charge in [-0.1, -0.05) is 6.92 Å². The second kappa shape index (κ2) is 4.91. The standard InChI is InChI=1S/C8H12N2O2S/c1-3-12-8(11)7-5-9-6-10(7)13-4-2/h5-6H,3-4H2,1-2H3. The molecule has 0 fully saturated rings. The van der Waals surface area contributed by atoms with Gasteiger partial charge in [-0.05, 0) is 18.9 Å². The Morgan fingerprint density at radius 2 is 2.46 bits per heavy atom. The van der Waals surface area contributed by atoms with Crippen molar-refractivity contribution in [3.63, 3.8) is 0 Å². The van der Waals surface area contributed by atoms with Crippen molar-refractivity contribution in [2.45, 2.75) is 13.8 Å². The van der Waals surface area contributed by atoms with E-state index in [9.17, 15) is 4.79 Å². The number of hydrogen-bond donors (Lipinski definition) is 0. The highest BCUT2D eigenvalue weighted by Gasteiger charge is 2.12. The first-order chi connectivity index (χ1) is 6.29. The molecule has 1 rings (SSSR count). The van der Waals surface area contributed by atoms with Crippen LogP contribution in [0.5, 0.6) is 0 Å². The fourth-order valence-corrected chi connectivity index (χ4v) is 1.53. The molecule has 0 N–H and O–H groups in total. The average Bonchev–Trinajstić information content (AvgIpc) is 2.54. The maximum absolute atomic E-state index is 11.3. The Balaban J connectivity index is 2.74. The third-order valence-electron chi connectivity index (χ3n) is 1.36. The van der Waals surface area contributed by atoms with Gasteiger partial charge in [-0.15, -0.1) is 0 Å². The van der Waals surface area contributed by atoms with Gasteiger partial charge in [-0.2, -0.15) is 0 Å². The number of ether oxygens (including phenoxy) is 1. The number of esters is 1. The summed E-state index contributed by atoms with van der Waals surface area (Å²) in [6.07, 6.45) is 3.13. The zero-order valence-electron chi connectivity index (χ0n) is 7.69. The number of nitrogens with zero attached hydrogens (tertiary/aromatic N) is 2. The van der Waals surface area contributed by atoms with Gasteiger partial charge in [0.25, 0.3) is 0 Å². The lowest BCUT2D eigenvalue weighted by atomic mass is 10.5. The molecule has 1 aromatic rings. The Hall–Kier alpha value is -0.970. The lowest BCUT2D eigenvalue weighted by molar-refractivity contribution is 0.0519. The summed E-state index contributed by atoms with van der Waals surface area (Å²) in [7, 11) is 0. The largest absolute Gasteiger partial charge is 0.461 e. The number of imidazole rings is 1. The molecule has 0 aromatic carbocycles. The number of carbonyl (C=O) groups excluding carboxylic acids is 1. The highest BCUT2D eigenvalue weighted by atomic mass is 32.2. The van der Waals surface area contributed by atoms with E-state index in [0.717, 1.165) is 5.75 Å². The molecule has 4 nitrogen and oxygen atoms in total. The third-order valence-corrected chi connectivity index (χ3v) is 2.19. The maximum atomic E-state index is 11.3. The highest BCUT2D eigenvalue weighted by molar-refractivity contribution is 7.97. The number of aromatic nitrogens is 2. The summed E-state index contributed by atoms with van der Waals surface area (Å²) in [6, 6.07) is 0. The topological polar surface area (TPSA) is 44.1 Å². The van der Waals surface area contributed by atoms with Crippen LogP contribution >= 0.6 is 11.9 Å². The SMILES string of the molecule is CCOC(=O)c1cncn1SCC. The highest BCUT2D eigenvalue weighted by Crippen LogP contribution is 2.10. The van der Waals surface area contributed by atoms with Crippen molar-refractivity contribution < 1.29 is 9.53 Å². The number of rotatable bonds is 4. The molecule has 1 aromatic heterocycles. The van der Waals surface area contributed by atoms with E-state index < -0.39 is 0 Å². The first-order valence-electron chi connectivity index (χ1n) is 4.12. The zero-order valence-corrected chi connectivity index (χ0v) is 8.50. The molecule has 0 aliphatic carbocycles. The molecule has 0 aliphatic heterocycles. The van der Waals surface area contributed by atoms with Gasteiger partial charge in [0.2, 0.25) is 0 Å². The van der Waals surface area contributed by atoms with E-state index in [4.69, 9.17) is 4.74 Å². The Bertz CT molecular complexity index is 285. The smallest absolute Gasteiger partial charge is 0.357 e. The summed E-state index contributed by atoms with van der Waals surface area (Å²) in [4.78, 5) is 15.2. The fourth-order valence-electron chi connectivity index (χ4n) is 0.873. The molecular weight excluding hydrogens is 188 g/mol. The van der Waals surface area contributed by atoms with Crippen molar-refractivity contribution in [1.29, 1.82) is 0 Å². The molecule has 0 saturated carbocycles. The van der Waals surface area contributed by atoms with Gasteiger partial charge in [0.1, 0.15) is 6.33 Å². The van der Waals surface area contributed by atoms with Gasteiger partial charge in [-0.25, -0.2) is 9.78 Å². The van der Waals surface area contributed by atoms with Crippen molar-refractivity contribution in [2.24, 2.45) is 0 Å². The van der Waals surface area contributed by atoms with Gasteiger partial charge < -0.3 is 4.74 Å². The van der Waals surface area contributed by atoms with E-state index in [0.29, 0.717) is 12.3 Å². The summed E-state index contributed by atoms with van der Waals surface area (Å²) in [5.41, 5.74) is 0.494. The molecule has 0 unspecified atom stereocenters. The maximum Gasteiger partial charge on any atom is 0.357 e. The van der Waals surface area contributed by atoms with E-state index in [2.05, 4.69) is 4.98 Å². The molecule has 72 valence electrons. The summed E-state index contributed by atoms with van der Waals surface area (Å²) >= 11 is 1.52. The molecule has 0 aliphatic rings. The Labute approximate surface area is 81.4 Å². The second-order valence-corrected chi connectivity index (χ2v) is 3.47. The normalized spacial score (nSPS) is 10.0. The lowest BCUT2D eigenvalue weighted by Gasteiger charge is -2.03. The average molecular weight is 200 g/mol. The molecule has 13 heavy (non-hydrogen) atoms. The third kappa shape index (κ3) is 2.48. The van der Waals surface area contributed by atoms with Crippen LogP contribution in [0.3, 0.4) is 0 Å². The number of hydrogen-bond acceptors (Lipinski definition) is 4. The Kier molecular flexibility index (Phi) is 3.82. The molecule has 0 spiro atoms. The van der Waals surface area contributed by atoms with Gasteiger partial charge in [0, 0.05) is 5.75 Å². The molecule has 0 saturated heterocycles. The Morgan fingerprint density at radius 3 is 3.08 bits per heavy atom. The minimum absolute atomic E-state index is 0.319. The van der Waals surface area contributed by atoms with Crippen LogP contribution in [0.15, 0.2) is 12.5 Å². The molecule has 0 amide bonds. The molecule has 5 heteroatoms. The van der Waals surface area contributed by atoms with Crippen molar-refractivity contribution in [2.75, 3.05) is 12.4 Å². The molecule has 0 bridgehead atoms. The van der Waals surface area contributed by atoms with Crippen LogP contribution in [0.1, 0.15) is 24.3 Å². The van der Waals surface area contributed by atoms with Crippen LogP contribution in [-0.2, 0) is 4.74 Å². The summed E-state index contributed by atoms with van der Waals surface area (Å²) in [6.45, 7) is 4.19. The van der Waals surface area contributed by atoms with E-state index in [1.165, 1.54) is 18.1 Å². The zero-order chi connectivity index (χ0) is 9.68. The second-order valence-electron chi connectivity index (χ2n) is 2.24. The van der Waals surface area contributed by atoms with Gasteiger partial charge in [0.05, 0.1) is 12.8 Å². The fraction of sp³-hybridized carbons (Fsp3) is 0.500. The predicted molar refractivity (Wildman–Crippen MR) is 51.7 cm³/mol. The predicted octanol–water partition coefficient (Wildman–Crippen LogP) is 1.58. The van der Waals surface area contributed by atoms with E-state index in [1.54, 1.807) is 17.2 Å². The van der Waals surface area contributed by atoms with E-state index in [1.807, 2.05) is 6.92 Å². The monoisotopic (exact) mass is 200 g/mol. The summed E-state index contributed by atoms with van der Waals surface area (Å²) in [5, 5.41) is 0. The van der Waals surface area contributed by atoms with Gasteiger partial charge >= 0.3 is 5.97 Å². The Morgan fingerprint density at radius 1 is 1.69 bits per heavy atom. The van der Waals surface area contributed by atoms with E-state index >= 15 is 0 Å². The van der Waals surface area contributed by atoms with Crippen molar-refractivity contribution >= 4 is 17.9 Å². The first-order valence-corrected chi connectivity index (χ1v) is 5.06. The van der Waals surface area contributed by atoms with Gasteiger partial charge in [0.15, 0.2) is 5.69 Å². The van der Waals surface area contributed by atoms with Crippen LogP contribution in [0.2, 0.25) is 0 Å². The van der Waals surface area contributed by atoms with Crippen molar-refractivity contribution in [3.05, 3.63) is 18.2 Å². The van der Waals surface area contributed by atoms with Crippen LogP contribution in [0.25, 0.3) is 0 Å². The van der Waals surface area contributed by atoms with Crippen LogP contribution in [0.4, 0.5) is 0 Å². The first kappa shape index (κ1) is 10.1. The minimum Gasteiger partial charge on any atom is -0.461 e. The molecule has 0 radical (unpaired) electrons. The van der Waals surface area contributed by atoms with Crippen LogP contribution in [-0.4, -0.2) is 27.3 Å². The summed E-state index contributed by atoms with van der Waals surface area (Å²) in [5.74, 6) is 0.573. The van der Waals surface area contributed by atoms with Gasteiger partial charge in [-0.3, -0.25) is 3.97 Å². The quantitative estimate of drug-likeness (QED) is 0.692. The lowest BCUT2D eigenvalue weighted by Crippen LogP contribution is -2.08. The molecule has 1 heterocycles. The van der Waals surface area contributed by atoms with E-state index in [-0.39, 0.29) is 5.97 Å². The van der Waals surface area contributed by atoms with Crippen LogP contribution < -0.4 is 0 Å².